The molecule has 2 rings (SSSR count). The number of nitrogens with zero attached hydrogens (tertiary/aromatic N) is 1. The Bertz CT molecular complexity index is 683. The Morgan fingerprint density at radius 3 is 2.36 bits per heavy atom. The minimum Gasteiger partial charge on any atom is -0.494 e. The minimum atomic E-state index is -0.801. The quantitative estimate of drug-likeness (QED) is 0.709. The summed E-state index contributed by atoms with van der Waals surface area (Å²) in [5.74, 6) is 1.07. The van der Waals surface area contributed by atoms with Gasteiger partial charge in [-0.3, -0.25) is 0 Å². The highest BCUT2D eigenvalue weighted by Crippen LogP contribution is 2.36. The first-order chi connectivity index (χ1) is 11.9. The lowest BCUT2D eigenvalue weighted by Crippen LogP contribution is -2.39. The van der Waals surface area contributed by atoms with Gasteiger partial charge in [0.05, 0.1) is 12.2 Å². The van der Waals surface area contributed by atoms with Crippen molar-refractivity contribution in [2.24, 2.45) is 5.92 Å². The number of ether oxygens (including phenoxy) is 1. The van der Waals surface area contributed by atoms with E-state index >= 15 is 0 Å². The van der Waals surface area contributed by atoms with Crippen LogP contribution in [0.5, 0.6) is 5.75 Å². The normalized spacial score (nSPS) is 15.3. The van der Waals surface area contributed by atoms with Gasteiger partial charge in [0.15, 0.2) is 0 Å². The molecule has 2 aromatic carbocycles. The second-order valence-electron chi connectivity index (χ2n) is 7.41. The number of fused-ring (bicyclic) bond motifs is 1. The fourth-order valence-corrected chi connectivity index (χ4v) is 3.56. The molecule has 3 heteroatoms. The Morgan fingerprint density at radius 1 is 1.04 bits per heavy atom. The topological polar surface area (TPSA) is 32.7 Å². The van der Waals surface area contributed by atoms with Crippen molar-refractivity contribution in [3.8, 4) is 5.75 Å². The van der Waals surface area contributed by atoms with Gasteiger partial charge in [0, 0.05) is 12.5 Å². The van der Waals surface area contributed by atoms with E-state index in [0.29, 0.717) is 0 Å². The summed E-state index contributed by atoms with van der Waals surface area (Å²) in [5.41, 5.74) is 0.211. The Morgan fingerprint density at radius 2 is 1.72 bits per heavy atom. The van der Waals surface area contributed by atoms with Gasteiger partial charge >= 0.3 is 0 Å². The van der Waals surface area contributed by atoms with E-state index in [9.17, 15) is 5.11 Å². The summed E-state index contributed by atoms with van der Waals surface area (Å²) in [6.07, 6.45) is 2.73. The van der Waals surface area contributed by atoms with Gasteiger partial charge in [-0.15, -0.1) is 0 Å². The van der Waals surface area contributed by atoms with E-state index in [2.05, 4.69) is 70.1 Å². The average Bonchev–Trinajstić information content (AvgIpc) is 2.58. The first-order valence-electron chi connectivity index (χ1n) is 9.45. The molecular weight excluding hydrogens is 310 g/mol. The molecule has 0 aliphatic carbocycles. The lowest BCUT2D eigenvalue weighted by molar-refractivity contribution is -0.0337. The molecule has 138 valence electrons. The fourth-order valence-electron chi connectivity index (χ4n) is 3.56. The summed E-state index contributed by atoms with van der Waals surface area (Å²) in [6.45, 7) is 7.98. The van der Waals surface area contributed by atoms with Crippen molar-refractivity contribution in [2.45, 2.75) is 45.6 Å². The van der Waals surface area contributed by atoms with E-state index in [1.54, 1.807) is 0 Å². The lowest BCUT2D eigenvalue weighted by Gasteiger charge is -2.36. The molecule has 2 aromatic rings. The third-order valence-corrected chi connectivity index (χ3v) is 4.87. The van der Waals surface area contributed by atoms with Crippen molar-refractivity contribution >= 4 is 10.8 Å². The van der Waals surface area contributed by atoms with Gasteiger partial charge < -0.3 is 14.7 Å². The maximum atomic E-state index is 11.5. The maximum absolute atomic E-state index is 11.5. The molecule has 25 heavy (non-hydrogen) atoms. The minimum absolute atomic E-state index is 0.159. The molecule has 0 radical (unpaired) electrons. The van der Waals surface area contributed by atoms with Gasteiger partial charge in [-0.2, -0.15) is 0 Å². The zero-order valence-corrected chi connectivity index (χ0v) is 16.4. The number of hydrogen-bond donors (Lipinski definition) is 1. The van der Waals surface area contributed by atoms with Crippen LogP contribution in [0.15, 0.2) is 36.4 Å². The third kappa shape index (κ3) is 4.74. The Kier molecular flexibility index (Phi) is 6.86. The molecule has 0 aromatic heterocycles. The van der Waals surface area contributed by atoms with Gasteiger partial charge in [0.25, 0.3) is 0 Å². The van der Waals surface area contributed by atoms with Crippen molar-refractivity contribution in [2.75, 3.05) is 27.2 Å². The molecule has 0 bridgehead atoms. The molecule has 3 nitrogen and oxygen atoms in total. The predicted octanol–water partition coefficient (Wildman–Crippen LogP) is 4.81. The van der Waals surface area contributed by atoms with E-state index in [1.807, 2.05) is 6.07 Å². The molecule has 0 aliphatic heterocycles. The number of rotatable bonds is 9. The third-order valence-electron chi connectivity index (χ3n) is 4.87. The van der Waals surface area contributed by atoms with Crippen LogP contribution in [0.4, 0.5) is 0 Å². The van der Waals surface area contributed by atoms with Crippen LogP contribution < -0.4 is 4.74 Å². The van der Waals surface area contributed by atoms with E-state index in [-0.39, 0.29) is 5.92 Å². The van der Waals surface area contributed by atoms with Crippen molar-refractivity contribution in [1.82, 2.24) is 4.90 Å². The Hall–Kier alpha value is -1.58. The van der Waals surface area contributed by atoms with Crippen LogP contribution in [-0.4, -0.2) is 37.3 Å². The highest BCUT2D eigenvalue weighted by atomic mass is 16.5. The van der Waals surface area contributed by atoms with Gasteiger partial charge in [0.2, 0.25) is 0 Å². The van der Waals surface area contributed by atoms with Crippen LogP contribution in [0.3, 0.4) is 0 Å². The van der Waals surface area contributed by atoms with Crippen LogP contribution in [-0.2, 0) is 5.60 Å². The summed E-state index contributed by atoms with van der Waals surface area (Å²) in [7, 11) is 4.11. The molecule has 0 spiro atoms. The predicted molar refractivity (Wildman–Crippen MR) is 106 cm³/mol. The number of hydrogen-bond acceptors (Lipinski definition) is 3. The van der Waals surface area contributed by atoms with Crippen LogP contribution in [0, 0.1) is 5.92 Å². The molecule has 0 heterocycles. The molecule has 0 fully saturated rings. The van der Waals surface area contributed by atoms with Crippen molar-refractivity contribution in [3.05, 3.63) is 42.0 Å². The van der Waals surface area contributed by atoms with Crippen molar-refractivity contribution < 1.29 is 9.84 Å². The standard InChI is InChI=1S/C22H33NO2/c1-6-12-22(24,17(3)16-23(4)5)20-10-8-19-15-21(25-13-7-2)11-9-18(19)14-20/h8-11,14-15,17,24H,6-7,12-13,16H2,1-5H3. The second kappa shape index (κ2) is 8.68. The van der Waals surface area contributed by atoms with Crippen molar-refractivity contribution in [1.29, 1.82) is 0 Å². The highest BCUT2D eigenvalue weighted by molar-refractivity contribution is 5.84. The molecular formula is C22H33NO2. The fraction of sp³-hybridized carbons (Fsp3) is 0.545. The molecule has 0 saturated carbocycles. The zero-order valence-electron chi connectivity index (χ0n) is 16.4. The van der Waals surface area contributed by atoms with Crippen LogP contribution in [0.2, 0.25) is 0 Å². The molecule has 2 unspecified atom stereocenters. The van der Waals surface area contributed by atoms with Crippen molar-refractivity contribution in [3.63, 3.8) is 0 Å². The van der Waals surface area contributed by atoms with E-state index in [4.69, 9.17) is 4.74 Å². The number of aliphatic hydroxyl groups is 1. The molecule has 0 aliphatic rings. The monoisotopic (exact) mass is 343 g/mol. The number of benzene rings is 2. The smallest absolute Gasteiger partial charge is 0.119 e. The summed E-state index contributed by atoms with van der Waals surface area (Å²) in [4.78, 5) is 2.14. The first kappa shape index (κ1) is 19.7. The summed E-state index contributed by atoms with van der Waals surface area (Å²) in [6, 6.07) is 12.5. The van der Waals surface area contributed by atoms with E-state index in [1.165, 1.54) is 0 Å². The van der Waals surface area contributed by atoms with Gasteiger partial charge in [0.1, 0.15) is 5.75 Å². The Labute approximate surface area is 152 Å². The average molecular weight is 344 g/mol. The van der Waals surface area contributed by atoms with Gasteiger partial charge in [-0.25, -0.2) is 0 Å². The maximum Gasteiger partial charge on any atom is 0.119 e. The lowest BCUT2D eigenvalue weighted by atomic mass is 9.78. The van der Waals surface area contributed by atoms with E-state index < -0.39 is 5.60 Å². The van der Waals surface area contributed by atoms with Crippen LogP contribution in [0.1, 0.15) is 45.6 Å². The highest BCUT2D eigenvalue weighted by Gasteiger charge is 2.35. The van der Waals surface area contributed by atoms with Gasteiger partial charge in [-0.05, 0) is 61.5 Å². The van der Waals surface area contributed by atoms with Crippen LogP contribution in [0.25, 0.3) is 10.8 Å². The summed E-state index contributed by atoms with van der Waals surface area (Å²) in [5, 5.41) is 13.8. The second-order valence-corrected chi connectivity index (χ2v) is 7.41. The Balaban J connectivity index is 2.36. The molecule has 2 atom stereocenters. The SMILES string of the molecule is CCCOc1ccc2cc(C(O)(CCC)C(C)CN(C)C)ccc2c1. The summed E-state index contributed by atoms with van der Waals surface area (Å²) >= 11 is 0. The van der Waals surface area contributed by atoms with E-state index in [0.717, 1.165) is 54.5 Å². The first-order valence-corrected chi connectivity index (χ1v) is 9.45. The van der Waals surface area contributed by atoms with Gasteiger partial charge in [-0.1, -0.05) is 45.4 Å². The molecule has 0 saturated heterocycles. The molecule has 1 N–H and O–H groups in total. The van der Waals surface area contributed by atoms with Crippen LogP contribution >= 0.6 is 0 Å². The molecule has 0 amide bonds. The zero-order chi connectivity index (χ0) is 18.4. The largest absolute Gasteiger partial charge is 0.494 e. The summed E-state index contributed by atoms with van der Waals surface area (Å²) < 4.78 is 5.73.